The highest BCUT2D eigenvalue weighted by Gasteiger charge is 2.30. The van der Waals surface area contributed by atoms with E-state index in [4.69, 9.17) is 16.3 Å². The molecule has 2 amide bonds. The molecule has 1 aliphatic heterocycles. The van der Waals surface area contributed by atoms with Gasteiger partial charge in [-0.15, -0.1) is 11.6 Å². The Kier molecular flexibility index (Phi) is 5.26. The molecule has 104 valence electrons. The van der Waals surface area contributed by atoms with Gasteiger partial charge in [0.05, 0.1) is 0 Å². The second-order valence-corrected chi connectivity index (χ2v) is 5.58. The number of carbonyl (C=O) groups is 2. The second-order valence-electron chi connectivity index (χ2n) is 5.31. The first kappa shape index (κ1) is 15.1. The molecular weight excluding hydrogens is 256 g/mol. The first-order valence-corrected chi connectivity index (χ1v) is 6.75. The lowest BCUT2D eigenvalue weighted by Gasteiger charge is -2.34. The van der Waals surface area contributed by atoms with E-state index < -0.39 is 11.7 Å². The molecule has 0 atom stereocenters. The number of hydrogen-bond acceptors (Lipinski definition) is 3. The van der Waals surface area contributed by atoms with E-state index in [9.17, 15) is 9.59 Å². The summed E-state index contributed by atoms with van der Waals surface area (Å²) in [6, 6.07) is 0. The van der Waals surface area contributed by atoms with E-state index in [2.05, 4.69) is 0 Å². The van der Waals surface area contributed by atoms with Crippen molar-refractivity contribution in [2.45, 2.75) is 45.6 Å². The van der Waals surface area contributed by atoms with Gasteiger partial charge in [-0.3, -0.25) is 4.79 Å². The predicted molar refractivity (Wildman–Crippen MR) is 69.2 cm³/mol. The number of amides is 2. The average Bonchev–Trinajstić information content (AvgIpc) is 2.50. The Morgan fingerprint density at radius 1 is 1.11 bits per heavy atom. The number of halogens is 1. The Balaban J connectivity index is 2.79. The molecule has 0 aromatic heterocycles. The molecule has 1 heterocycles. The molecular formula is C12H21ClN2O3. The fourth-order valence-corrected chi connectivity index (χ4v) is 1.91. The first-order chi connectivity index (χ1) is 8.35. The molecule has 0 saturated carbocycles. The van der Waals surface area contributed by atoms with Gasteiger partial charge >= 0.3 is 6.09 Å². The number of hydrogen-bond donors (Lipinski definition) is 0. The molecule has 0 spiro atoms. The molecule has 0 aromatic rings. The zero-order valence-corrected chi connectivity index (χ0v) is 12.0. The normalized spacial score (nSPS) is 17.3. The first-order valence-electron chi connectivity index (χ1n) is 6.22. The number of carbonyl (C=O) groups excluding carboxylic acids is 2. The van der Waals surface area contributed by atoms with E-state index in [0.717, 1.165) is 19.3 Å². The number of nitrogens with zero attached hydrogens (tertiary/aromatic N) is 2. The minimum Gasteiger partial charge on any atom is -0.442 e. The van der Waals surface area contributed by atoms with Crippen LogP contribution in [0.15, 0.2) is 0 Å². The fourth-order valence-electron chi connectivity index (χ4n) is 1.77. The van der Waals surface area contributed by atoms with Crippen molar-refractivity contribution in [3.8, 4) is 0 Å². The maximum atomic E-state index is 12.1. The highest BCUT2D eigenvalue weighted by atomic mass is 35.5. The van der Waals surface area contributed by atoms with Crippen LogP contribution in [-0.4, -0.2) is 46.6 Å². The highest BCUT2D eigenvalue weighted by Crippen LogP contribution is 2.16. The molecule has 0 unspecified atom stereocenters. The minimum absolute atomic E-state index is 0.126. The zero-order valence-electron chi connectivity index (χ0n) is 11.2. The fraction of sp³-hybridized carbons (Fsp3) is 0.833. The van der Waals surface area contributed by atoms with Gasteiger partial charge in [0, 0.05) is 13.1 Å². The molecule has 18 heavy (non-hydrogen) atoms. The molecule has 1 fully saturated rings. The van der Waals surface area contributed by atoms with Crippen LogP contribution in [0.3, 0.4) is 0 Å². The molecule has 0 radical (unpaired) electrons. The van der Waals surface area contributed by atoms with Crippen molar-refractivity contribution in [2.24, 2.45) is 0 Å². The van der Waals surface area contributed by atoms with Crippen LogP contribution in [0.25, 0.3) is 0 Å². The average molecular weight is 277 g/mol. The van der Waals surface area contributed by atoms with Gasteiger partial charge in [0.2, 0.25) is 0 Å². The van der Waals surface area contributed by atoms with Gasteiger partial charge in [0.1, 0.15) is 11.5 Å². The molecule has 5 nitrogen and oxygen atoms in total. The third kappa shape index (κ3) is 4.37. The second kappa shape index (κ2) is 6.27. The summed E-state index contributed by atoms with van der Waals surface area (Å²) in [5.74, 6) is -0.385. The monoisotopic (exact) mass is 276 g/mol. The molecule has 0 aromatic carbocycles. The van der Waals surface area contributed by atoms with Crippen LogP contribution in [0.5, 0.6) is 0 Å². The highest BCUT2D eigenvalue weighted by molar-refractivity contribution is 6.27. The Morgan fingerprint density at radius 3 is 2.17 bits per heavy atom. The van der Waals surface area contributed by atoms with Crippen LogP contribution >= 0.6 is 11.6 Å². The number of hydrazine groups is 1. The van der Waals surface area contributed by atoms with E-state index in [1.54, 1.807) is 20.8 Å². The lowest BCUT2D eigenvalue weighted by Crippen LogP contribution is -2.51. The van der Waals surface area contributed by atoms with Crippen LogP contribution in [0.4, 0.5) is 4.79 Å². The van der Waals surface area contributed by atoms with Gasteiger partial charge < -0.3 is 4.74 Å². The molecule has 6 heteroatoms. The number of alkyl halides is 1. The summed E-state index contributed by atoms with van der Waals surface area (Å²) in [5.41, 5.74) is -0.570. The van der Waals surface area contributed by atoms with Crippen LogP contribution in [0.1, 0.15) is 40.0 Å². The maximum absolute atomic E-state index is 12.1. The number of ether oxygens (including phenoxy) is 1. The molecule has 0 bridgehead atoms. The van der Waals surface area contributed by atoms with Gasteiger partial charge in [-0.05, 0) is 40.0 Å². The van der Waals surface area contributed by atoms with Crippen molar-refractivity contribution in [3.05, 3.63) is 0 Å². The third-order valence-electron chi connectivity index (χ3n) is 2.54. The van der Waals surface area contributed by atoms with Gasteiger partial charge in [0.25, 0.3) is 5.91 Å². The van der Waals surface area contributed by atoms with Crippen LogP contribution in [0, 0.1) is 0 Å². The summed E-state index contributed by atoms with van der Waals surface area (Å²) in [4.78, 5) is 23.8. The Labute approximate surface area is 113 Å². The lowest BCUT2D eigenvalue weighted by molar-refractivity contribution is -0.144. The Bertz CT molecular complexity index is 315. The lowest BCUT2D eigenvalue weighted by atomic mass is 10.2. The van der Waals surface area contributed by atoms with Crippen molar-refractivity contribution in [3.63, 3.8) is 0 Å². The summed E-state index contributed by atoms with van der Waals surface area (Å²) >= 11 is 5.57. The summed E-state index contributed by atoms with van der Waals surface area (Å²) in [6.07, 6.45) is 2.25. The Hall–Kier alpha value is -0.970. The smallest absolute Gasteiger partial charge is 0.429 e. The van der Waals surface area contributed by atoms with Gasteiger partial charge in [-0.1, -0.05) is 0 Å². The minimum atomic E-state index is -0.570. The largest absolute Gasteiger partial charge is 0.442 e. The third-order valence-corrected chi connectivity index (χ3v) is 2.77. The maximum Gasteiger partial charge on any atom is 0.429 e. The summed E-state index contributed by atoms with van der Waals surface area (Å²) in [5, 5.41) is 2.79. The van der Waals surface area contributed by atoms with Crippen LogP contribution < -0.4 is 0 Å². The van der Waals surface area contributed by atoms with Crippen LogP contribution in [0.2, 0.25) is 0 Å². The molecule has 1 aliphatic rings. The summed E-state index contributed by atoms with van der Waals surface area (Å²) < 4.78 is 5.31. The van der Waals surface area contributed by atoms with E-state index in [1.807, 2.05) is 0 Å². The SMILES string of the molecule is CC(C)(C)OC(=O)N1CCCCCN1C(=O)CCl. The van der Waals surface area contributed by atoms with Gasteiger partial charge in [-0.2, -0.15) is 0 Å². The van der Waals surface area contributed by atoms with Gasteiger partial charge in [0.15, 0.2) is 0 Å². The van der Waals surface area contributed by atoms with E-state index in [1.165, 1.54) is 10.0 Å². The summed E-state index contributed by atoms with van der Waals surface area (Å²) in [7, 11) is 0. The quantitative estimate of drug-likeness (QED) is 0.691. The van der Waals surface area contributed by atoms with E-state index in [0.29, 0.717) is 13.1 Å². The van der Waals surface area contributed by atoms with Crippen molar-refractivity contribution in [1.29, 1.82) is 0 Å². The Morgan fingerprint density at radius 2 is 1.67 bits per heavy atom. The summed E-state index contributed by atoms with van der Waals surface area (Å²) in [6.45, 7) is 6.42. The zero-order chi connectivity index (χ0) is 13.8. The van der Waals surface area contributed by atoms with Gasteiger partial charge in [-0.25, -0.2) is 14.8 Å². The van der Waals surface area contributed by atoms with E-state index >= 15 is 0 Å². The standard InChI is InChI=1S/C12H21ClN2O3/c1-12(2,3)18-11(17)15-8-6-4-5-7-14(15)10(16)9-13/h4-9H2,1-3H3. The van der Waals surface area contributed by atoms with Crippen molar-refractivity contribution < 1.29 is 14.3 Å². The predicted octanol–water partition coefficient (Wildman–Crippen LogP) is 2.39. The topological polar surface area (TPSA) is 49.9 Å². The number of rotatable bonds is 1. The van der Waals surface area contributed by atoms with E-state index in [-0.39, 0.29) is 11.8 Å². The molecule has 1 rings (SSSR count). The van der Waals surface area contributed by atoms with Crippen molar-refractivity contribution >= 4 is 23.6 Å². The molecule has 0 N–H and O–H groups in total. The van der Waals surface area contributed by atoms with Crippen LogP contribution in [-0.2, 0) is 9.53 Å². The molecule has 1 saturated heterocycles. The van der Waals surface area contributed by atoms with Crippen molar-refractivity contribution in [2.75, 3.05) is 19.0 Å². The van der Waals surface area contributed by atoms with Crippen molar-refractivity contribution in [1.82, 2.24) is 10.0 Å². The molecule has 0 aliphatic carbocycles.